The zero-order chi connectivity index (χ0) is 18.8. The van der Waals surface area contributed by atoms with Crippen LogP contribution in [-0.2, 0) is 10.2 Å². The zero-order valence-electron chi connectivity index (χ0n) is 15.6. The van der Waals surface area contributed by atoms with E-state index < -0.39 is 17.7 Å². The molecular weight excluding hydrogens is 320 g/mol. The number of para-hydroxylation sites is 1. The van der Waals surface area contributed by atoms with Crippen LogP contribution in [0.25, 0.3) is 0 Å². The number of ether oxygens (including phenoxy) is 1. The summed E-state index contributed by atoms with van der Waals surface area (Å²) in [6.07, 6.45) is -0.457. The average Bonchev–Trinajstić information content (AvgIpc) is 2.76. The number of aliphatic hydroxyl groups excluding tert-OH is 1. The lowest BCUT2D eigenvalue weighted by atomic mass is 9.86. The van der Waals surface area contributed by atoms with Crippen LogP contribution in [0.15, 0.2) is 24.3 Å². The van der Waals surface area contributed by atoms with Crippen LogP contribution in [0.3, 0.4) is 0 Å². The Morgan fingerprint density at radius 3 is 2.48 bits per heavy atom. The van der Waals surface area contributed by atoms with Crippen LogP contribution in [0, 0.1) is 0 Å². The molecule has 0 radical (unpaired) electrons. The molecule has 1 fully saturated rings. The predicted octanol–water partition coefficient (Wildman–Crippen LogP) is 2.44. The smallest absolute Gasteiger partial charge is 0.325 e. The number of amides is 3. The van der Waals surface area contributed by atoms with E-state index in [0.717, 1.165) is 10.5 Å². The molecule has 1 aliphatic rings. The van der Waals surface area contributed by atoms with Gasteiger partial charge in [-0.05, 0) is 30.4 Å². The highest BCUT2D eigenvalue weighted by Crippen LogP contribution is 2.31. The standard InChI is InChI=1S/C19H28N2O4/c1-6-19(5)16(23)21(17(24)20-19)11-13(22)12-25-15-10-8-7-9-14(15)18(2,3)4/h7-10,13,22H,6,11-12H2,1-5H3,(H,20,24)/t13-,19+/m0/s1. The summed E-state index contributed by atoms with van der Waals surface area (Å²) in [6.45, 7) is 9.71. The average molecular weight is 348 g/mol. The minimum Gasteiger partial charge on any atom is -0.491 e. The minimum atomic E-state index is -0.957. The molecule has 0 aliphatic carbocycles. The highest BCUT2D eigenvalue weighted by Gasteiger charge is 2.46. The molecule has 0 spiro atoms. The normalized spacial score (nSPS) is 22.1. The number of carbonyl (C=O) groups excluding carboxylic acids is 2. The van der Waals surface area contributed by atoms with Gasteiger partial charge in [-0.3, -0.25) is 9.69 Å². The first-order valence-corrected chi connectivity index (χ1v) is 8.63. The van der Waals surface area contributed by atoms with Crippen LogP contribution < -0.4 is 10.1 Å². The van der Waals surface area contributed by atoms with Crippen LogP contribution in [0.2, 0.25) is 0 Å². The Morgan fingerprint density at radius 2 is 1.92 bits per heavy atom. The van der Waals surface area contributed by atoms with E-state index in [1.807, 2.05) is 31.2 Å². The Kier molecular flexibility index (Phi) is 5.42. The van der Waals surface area contributed by atoms with E-state index in [1.165, 1.54) is 0 Å². The fourth-order valence-electron chi connectivity index (χ4n) is 2.81. The van der Waals surface area contributed by atoms with E-state index in [-0.39, 0.29) is 24.5 Å². The maximum absolute atomic E-state index is 12.4. The second kappa shape index (κ2) is 7.04. The van der Waals surface area contributed by atoms with Crippen LogP contribution in [0.4, 0.5) is 4.79 Å². The molecule has 0 bridgehead atoms. The third-order valence-electron chi connectivity index (χ3n) is 4.57. The fourth-order valence-corrected chi connectivity index (χ4v) is 2.81. The van der Waals surface area contributed by atoms with Gasteiger partial charge in [-0.15, -0.1) is 0 Å². The number of imide groups is 1. The van der Waals surface area contributed by atoms with Gasteiger partial charge in [0.25, 0.3) is 5.91 Å². The van der Waals surface area contributed by atoms with Crippen LogP contribution in [0.1, 0.15) is 46.6 Å². The lowest BCUT2D eigenvalue weighted by molar-refractivity contribution is -0.132. The Bertz CT molecular complexity index is 653. The summed E-state index contributed by atoms with van der Waals surface area (Å²) in [5, 5.41) is 12.9. The van der Waals surface area contributed by atoms with Gasteiger partial charge in [0.05, 0.1) is 6.54 Å². The number of aliphatic hydroxyl groups is 1. The van der Waals surface area contributed by atoms with Crippen LogP contribution in [-0.4, -0.2) is 46.7 Å². The molecule has 0 aromatic heterocycles. The molecule has 25 heavy (non-hydrogen) atoms. The summed E-state index contributed by atoms with van der Waals surface area (Å²) < 4.78 is 5.76. The van der Waals surface area contributed by atoms with Gasteiger partial charge in [0.2, 0.25) is 0 Å². The van der Waals surface area contributed by atoms with Gasteiger partial charge in [0.15, 0.2) is 0 Å². The van der Waals surface area contributed by atoms with Crippen molar-refractivity contribution in [2.24, 2.45) is 0 Å². The van der Waals surface area contributed by atoms with E-state index in [0.29, 0.717) is 12.2 Å². The Hall–Kier alpha value is -2.08. The first-order valence-electron chi connectivity index (χ1n) is 8.63. The SMILES string of the molecule is CC[C@@]1(C)NC(=O)N(C[C@H](O)COc2ccccc2C(C)(C)C)C1=O. The van der Waals surface area contributed by atoms with Gasteiger partial charge in [0, 0.05) is 0 Å². The van der Waals surface area contributed by atoms with Gasteiger partial charge in [0.1, 0.15) is 24.0 Å². The van der Waals surface area contributed by atoms with Gasteiger partial charge >= 0.3 is 6.03 Å². The highest BCUT2D eigenvalue weighted by atomic mass is 16.5. The van der Waals surface area contributed by atoms with Crippen molar-refractivity contribution in [2.45, 2.75) is 58.1 Å². The number of benzene rings is 1. The second-order valence-corrected chi connectivity index (χ2v) is 7.74. The third-order valence-corrected chi connectivity index (χ3v) is 4.57. The quantitative estimate of drug-likeness (QED) is 0.774. The molecule has 1 aromatic carbocycles. The maximum atomic E-state index is 12.4. The summed E-state index contributed by atoms with van der Waals surface area (Å²) in [6, 6.07) is 7.20. The number of hydrogen-bond acceptors (Lipinski definition) is 4. The Balaban J connectivity index is 2.00. The molecule has 1 aliphatic heterocycles. The number of hydrogen-bond donors (Lipinski definition) is 2. The molecule has 2 atom stereocenters. The molecule has 6 heteroatoms. The molecule has 0 saturated carbocycles. The summed E-state index contributed by atoms with van der Waals surface area (Å²) in [5.74, 6) is 0.388. The van der Waals surface area contributed by atoms with Crippen molar-refractivity contribution in [1.29, 1.82) is 0 Å². The molecule has 2 rings (SSSR count). The number of carbonyl (C=O) groups is 2. The summed E-state index contributed by atoms with van der Waals surface area (Å²) in [5.41, 5.74) is 0.0574. The van der Waals surface area contributed by atoms with Crippen molar-refractivity contribution in [2.75, 3.05) is 13.2 Å². The molecule has 2 N–H and O–H groups in total. The van der Waals surface area contributed by atoms with E-state index in [4.69, 9.17) is 4.74 Å². The Labute approximate surface area is 149 Å². The van der Waals surface area contributed by atoms with E-state index in [9.17, 15) is 14.7 Å². The molecule has 1 heterocycles. The van der Waals surface area contributed by atoms with Gasteiger partial charge < -0.3 is 15.2 Å². The van der Waals surface area contributed by atoms with Crippen LogP contribution >= 0.6 is 0 Å². The van der Waals surface area contributed by atoms with Crippen molar-refractivity contribution < 1.29 is 19.4 Å². The van der Waals surface area contributed by atoms with E-state index >= 15 is 0 Å². The molecule has 0 unspecified atom stereocenters. The lowest BCUT2D eigenvalue weighted by Gasteiger charge is -2.24. The number of nitrogens with zero attached hydrogens (tertiary/aromatic N) is 1. The molecule has 1 aromatic rings. The van der Waals surface area contributed by atoms with E-state index in [1.54, 1.807) is 6.92 Å². The van der Waals surface area contributed by atoms with Crippen molar-refractivity contribution in [3.63, 3.8) is 0 Å². The van der Waals surface area contributed by atoms with Crippen molar-refractivity contribution >= 4 is 11.9 Å². The summed E-state index contributed by atoms with van der Waals surface area (Å²) in [7, 11) is 0. The van der Waals surface area contributed by atoms with Gasteiger partial charge in [-0.2, -0.15) is 0 Å². The summed E-state index contributed by atoms with van der Waals surface area (Å²) in [4.78, 5) is 25.4. The van der Waals surface area contributed by atoms with E-state index in [2.05, 4.69) is 26.1 Å². The second-order valence-electron chi connectivity index (χ2n) is 7.74. The minimum absolute atomic E-state index is 0.00694. The van der Waals surface area contributed by atoms with Crippen molar-refractivity contribution in [3.05, 3.63) is 29.8 Å². The molecular formula is C19H28N2O4. The van der Waals surface area contributed by atoms with Crippen molar-refractivity contribution in [1.82, 2.24) is 10.2 Å². The van der Waals surface area contributed by atoms with Gasteiger partial charge in [-0.1, -0.05) is 45.9 Å². The van der Waals surface area contributed by atoms with Gasteiger partial charge in [-0.25, -0.2) is 4.79 Å². The number of nitrogens with one attached hydrogen (secondary N) is 1. The number of rotatable bonds is 6. The molecule has 3 amide bonds. The van der Waals surface area contributed by atoms with Crippen molar-refractivity contribution in [3.8, 4) is 5.75 Å². The predicted molar refractivity (Wildman–Crippen MR) is 95.6 cm³/mol. The molecule has 1 saturated heterocycles. The fraction of sp³-hybridized carbons (Fsp3) is 0.579. The number of urea groups is 1. The summed E-state index contributed by atoms with van der Waals surface area (Å²) >= 11 is 0. The highest BCUT2D eigenvalue weighted by molar-refractivity contribution is 6.06. The molecule has 6 nitrogen and oxygen atoms in total. The monoisotopic (exact) mass is 348 g/mol. The number of β-amino-alcohol motifs (C(OH)–C–C–N with tert-alkyl or cyclic N) is 1. The first-order chi connectivity index (χ1) is 11.6. The third kappa shape index (κ3) is 4.12. The van der Waals surface area contributed by atoms with Crippen LogP contribution in [0.5, 0.6) is 5.75 Å². The largest absolute Gasteiger partial charge is 0.491 e. The lowest BCUT2D eigenvalue weighted by Crippen LogP contribution is -2.44. The molecule has 138 valence electrons. The first kappa shape index (κ1) is 19.2. The maximum Gasteiger partial charge on any atom is 0.325 e. The topological polar surface area (TPSA) is 78.9 Å². The zero-order valence-corrected chi connectivity index (χ0v) is 15.6. The Morgan fingerprint density at radius 1 is 1.28 bits per heavy atom.